The molecule has 10 heteroatoms. The van der Waals surface area contributed by atoms with Gasteiger partial charge in [-0.25, -0.2) is 0 Å². The van der Waals surface area contributed by atoms with E-state index in [0.29, 0.717) is 13.1 Å². The number of alkyl halides is 4. The molecular weight excluding hydrogens is 356 g/mol. The molecule has 1 aliphatic heterocycles. The molecule has 136 valence electrons. The average Bonchev–Trinajstić information content (AvgIpc) is 2.38. The molecule has 1 aromatic carbocycles. The highest BCUT2D eigenvalue weighted by Gasteiger charge is 2.29. The number of hydrogen-bond acceptors (Lipinski definition) is 4. The Labute approximate surface area is 142 Å². The first-order valence-electron chi connectivity index (χ1n) is 6.92. The molecule has 1 heterocycles. The molecule has 1 aliphatic rings. The van der Waals surface area contributed by atoms with E-state index in [4.69, 9.17) is 0 Å². The molecule has 0 aliphatic carbocycles. The minimum absolute atomic E-state index is 0. The number of ether oxygens (including phenoxy) is 2. The summed E-state index contributed by atoms with van der Waals surface area (Å²) in [5, 5.41) is 5.51. The van der Waals surface area contributed by atoms with Gasteiger partial charge in [0.15, 0.2) is 5.75 Å². The molecule has 2 rings (SSSR count). The maximum Gasteiger partial charge on any atom is 0.387 e. The molecule has 1 saturated heterocycles. The fraction of sp³-hybridized carbons (Fsp3) is 0.500. The zero-order valence-corrected chi connectivity index (χ0v) is 13.4. The highest BCUT2D eigenvalue weighted by atomic mass is 35.5. The first-order valence-corrected chi connectivity index (χ1v) is 6.92. The molecule has 0 bridgehead atoms. The van der Waals surface area contributed by atoms with Crippen molar-refractivity contribution >= 4 is 24.0 Å². The van der Waals surface area contributed by atoms with Crippen molar-refractivity contribution in [2.24, 2.45) is 11.8 Å². The number of benzene rings is 1. The topological polar surface area (TPSA) is 59.6 Å². The van der Waals surface area contributed by atoms with Gasteiger partial charge in [0.1, 0.15) is 5.75 Å². The quantitative estimate of drug-likeness (QED) is 0.722. The van der Waals surface area contributed by atoms with Gasteiger partial charge in [-0.15, -0.1) is 12.4 Å². The van der Waals surface area contributed by atoms with Crippen LogP contribution in [0.5, 0.6) is 11.5 Å². The van der Waals surface area contributed by atoms with Crippen LogP contribution >= 0.6 is 12.4 Å². The van der Waals surface area contributed by atoms with E-state index in [-0.39, 0.29) is 41.6 Å². The molecule has 1 unspecified atom stereocenters. The summed E-state index contributed by atoms with van der Waals surface area (Å²) in [4.78, 5) is 12.1. The van der Waals surface area contributed by atoms with Gasteiger partial charge >= 0.3 is 13.2 Å². The first kappa shape index (κ1) is 20.3. The summed E-state index contributed by atoms with van der Waals surface area (Å²) in [5.74, 6) is -1.31. The fourth-order valence-corrected chi connectivity index (χ4v) is 2.10. The molecular formula is C14H17ClF4N2O3. The van der Waals surface area contributed by atoms with Crippen LogP contribution in [0, 0.1) is 11.8 Å². The van der Waals surface area contributed by atoms with Crippen LogP contribution in [0.1, 0.15) is 6.92 Å². The van der Waals surface area contributed by atoms with Crippen molar-refractivity contribution in [1.82, 2.24) is 5.32 Å². The Morgan fingerprint density at radius 3 is 2.33 bits per heavy atom. The summed E-state index contributed by atoms with van der Waals surface area (Å²) in [6.07, 6.45) is 0. The number of nitrogens with one attached hydrogen (secondary N) is 2. The van der Waals surface area contributed by atoms with Crippen LogP contribution < -0.4 is 20.1 Å². The highest BCUT2D eigenvalue weighted by molar-refractivity contribution is 5.94. The van der Waals surface area contributed by atoms with E-state index in [2.05, 4.69) is 20.1 Å². The lowest BCUT2D eigenvalue weighted by Gasteiger charge is -2.31. The third kappa shape index (κ3) is 5.41. The lowest BCUT2D eigenvalue weighted by atomic mass is 9.88. The van der Waals surface area contributed by atoms with Crippen LogP contribution in [0.15, 0.2) is 18.2 Å². The van der Waals surface area contributed by atoms with Crippen LogP contribution in [-0.4, -0.2) is 32.2 Å². The molecule has 1 amide bonds. The van der Waals surface area contributed by atoms with Gasteiger partial charge in [-0.05, 0) is 31.1 Å². The summed E-state index contributed by atoms with van der Waals surface area (Å²) < 4.78 is 57.7. The van der Waals surface area contributed by atoms with E-state index < -0.39 is 19.0 Å². The smallest absolute Gasteiger partial charge is 0.387 e. The lowest BCUT2D eigenvalue weighted by molar-refractivity contribution is -0.121. The van der Waals surface area contributed by atoms with Gasteiger partial charge in [0.05, 0.1) is 5.69 Å². The highest BCUT2D eigenvalue weighted by Crippen LogP contribution is 2.32. The summed E-state index contributed by atoms with van der Waals surface area (Å²) in [6, 6.07) is 3.19. The Hall–Kier alpha value is -1.74. The second-order valence-corrected chi connectivity index (χ2v) is 5.11. The molecule has 0 saturated carbocycles. The zero-order valence-electron chi connectivity index (χ0n) is 12.6. The van der Waals surface area contributed by atoms with Gasteiger partial charge in [0, 0.05) is 12.0 Å². The van der Waals surface area contributed by atoms with Crippen LogP contribution in [0.25, 0.3) is 0 Å². The number of carbonyl (C=O) groups excluding carboxylic acids is 1. The molecule has 2 N–H and O–H groups in total. The predicted molar refractivity (Wildman–Crippen MR) is 81.1 cm³/mol. The molecule has 0 radical (unpaired) electrons. The Morgan fingerprint density at radius 2 is 1.83 bits per heavy atom. The maximum atomic E-state index is 12.5. The van der Waals surface area contributed by atoms with Crippen LogP contribution in [-0.2, 0) is 4.79 Å². The molecule has 0 spiro atoms. The molecule has 1 aromatic rings. The molecule has 24 heavy (non-hydrogen) atoms. The Bertz CT molecular complexity index is 559. The molecule has 5 nitrogen and oxygen atoms in total. The molecule has 0 aromatic heterocycles. The summed E-state index contributed by atoms with van der Waals surface area (Å²) in [5.41, 5.74) is -0.0314. The second kappa shape index (κ2) is 8.93. The van der Waals surface area contributed by atoms with Crippen LogP contribution in [0.3, 0.4) is 0 Å². The monoisotopic (exact) mass is 372 g/mol. The summed E-state index contributed by atoms with van der Waals surface area (Å²) >= 11 is 0. The van der Waals surface area contributed by atoms with E-state index in [0.717, 1.165) is 12.1 Å². The zero-order chi connectivity index (χ0) is 17.0. The van der Waals surface area contributed by atoms with E-state index in [1.165, 1.54) is 6.07 Å². The summed E-state index contributed by atoms with van der Waals surface area (Å²) in [7, 11) is 0. The van der Waals surface area contributed by atoms with Crippen molar-refractivity contribution in [2.75, 3.05) is 18.4 Å². The Balaban J connectivity index is 0.00000288. The maximum absolute atomic E-state index is 12.5. The van der Waals surface area contributed by atoms with Crippen molar-refractivity contribution in [2.45, 2.75) is 20.1 Å². The van der Waals surface area contributed by atoms with Gasteiger partial charge < -0.3 is 20.1 Å². The van der Waals surface area contributed by atoms with Gasteiger partial charge in [0.25, 0.3) is 0 Å². The number of halogens is 5. The largest absolute Gasteiger partial charge is 0.435 e. The van der Waals surface area contributed by atoms with E-state index in [9.17, 15) is 22.4 Å². The molecule has 1 fully saturated rings. The number of hydrogen-bond donors (Lipinski definition) is 2. The van der Waals surface area contributed by atoms with Gasteiger partial charge in [-0.3, -0.25) is 4.79 Å². The summed E-state index contributed by atoms with van der Waals surface area (Å²) in [6.45, 7) is -3.13. The Kier molecular flexibility index (Phi) is 7.56. The minimum atomic E-state index is -3.17. The second-order valence-electron chi connectivity index (χ2n) is 5.11. The van der Waals surface area contributed by atoms with Crippen molar-refractivity contribution < 1.29 is 31.8 Å². The van der Waals surface area contributed by atoms with Crippen molar-refractivity contribution in [3.8, 4) is 11.5 Å². The molecule has 1 atom stereocenters. The van der Waals surface area contributed by atoms with Gasteiger partial charge in [-0.2, -0.15) is 17.6 Å². The third-order valence-electron chi connectivity index (χ3n) is 3.59. The number of anilines is 1. The lowest BCUT2D eigenvalue weighted by Crippen LogP contribution is -2.48. The van der Waals surface area contributed by atoms with Crippen molar-refractivity contribution in [3.63, 3.8) is 0 Å². The number of amides is 1. The predicted octanol–water partition coefficient (Wildman–Crippen LogP) is 3.11. The van der Waals surface area contributed by atoms with Crippen LogP contribution in [0.4, 0.5) is 23.2 Å². The van der Waals surface area contributed by atoms with Gasteiger partial charge in [0.2, 0.25) is 5.91 Å². The van der Waals surface area contributed by atoms with Crippen molar-refractivity contribution in [1.29, 1.82) is 0 Å². The third-order valence-corrected chi connectivity index (χ3v) is 3.59. The normalized spacial score (nSPS) is 15.5. The first-order chi connectivity index (χ1) is 10.9. The van der Waals surface area contributed by atoms with Crippen molar-refractivity contribution in [3.05, 3.63) is 18.2 Å². The number of rotatable bonds is 7. The fourth-order valence-electron chi connectivity index (χ4n) is 2.10. The average molecular weight is 373 g/mol. The van der Waals surface area contributed by atoms with Gasteiger partial charge in [-0.1, -0.05) is 6.92 Å². The van der Waals surface area contributed by atoms with Crippen LogP contribution in [0.2, 0.25) is 0 Å². The van der Waals surface area contributed by atoms with E-state index >= 15 is 0 Å². The van der Waals surface area contributed by atoms with E-state index in [1.54, 1.807) is 6.92 Å². The standard InChI is InChI=1S/C14H16F4N2O3.ClH/c1-7(8-5-19-6-8)12(21)20-10-3-2-9(22-13(15)16)4-11(10)23-14(17)18;/h2-4,7-8,13-14,19H,5-6H2,1H3,(H,20,21);1H. The van der Waals surface area contributed by atoms with E-state index in [1.807, 2.05) is 0 Å². The SMILES string of the molecule is CC(C(=O)Nc1ccc(OC(F)F)cc1OC(F)F)C1CNC1.Cl. The minimum Gasteiger partial charge on any atom is -0.435 e. The number of carbonyl (C=O) groups is 1. The Morgan fingerprint density at radius 1 is 1.21 bits per heavy atom.